The molecule has 0 aromatic heterocycles. The molecule has 3 rings (SSSR count). The number of nitrogens with one attached hydrogen (secondary N) is 1. The molecule has 21 heavy (non-hydrogen) atoms. The van der Waals surface area contributed by atoms with Crippen LogP contribution in [0, 0.1) is 11.7 Å². The number of hydrogen-bond acceptors (Lipinski definition) is 3. The molecule has 1 aromatic carbocycles. The predicted molar refractivity (Wildman–Crippen MR) is 82.1 cm³/mol. The third-order valence-corrected chi connectivity index (χ3v) is 4.48. The number of rotatable bonds is 7. The zero-order valence-corrected chi connectivity index (χ0v) is 12.6. The summed E-state index contributed by atoms with van der Waals surface area (Å²) in [4.78, 5) is 2.60. The second-order valence-electron chi connectivity index (χ2n) is 6.22. The van der Waals surface area contributed by atoms with Gasteiger partial charge in [-0.25, -0.2) is 4.39 Å². The van der Waals surface area contributed by atoms with Crippen molar-refractivity contribution in [3.05, 3.63) is 30.1 Å². The van der Waals surface area contributed by atoms with Crippen molar-refractivity contribution in [2.24, 2.45) is 5.92 Å². The van der Waals surface area contributed by atoms with Crippen LogP contribution in [-0.4, -0.2) is 43.7 Å². The Morgan fingerprint density at radius 3 is 2.48 bits per heavy atom. The average Bonchev–Trinajstić information content (AvgIpc) is 3.34. The van der Waals surface area contributed by atoms with E-state index in [9.17, 15) is 4.39 Å². The first kappa shape index (κ1) is 14.8. The average molecular weight is 292 g/mol. The maximum Gasteiger partial charge on any atom is 0.123 e. The zero-order chi connectivity index (χ0) is 14.5. The van der Waals surface area contributed by atoms with Crippen LogP contribution in [-0.2, 0) is 0 Å². The number of benzene rings is 1. The van der Waals surface area contributed by atoms with Gasteiger partial charge in [0.15, 0.2) is 0 Å². The Kier molecular flexibility index (Phi) is 5.09. The fourth-order valence-corrected chi connectivity index (χ4v) is 3.07. The molecule has 1 aliphatic carbocycles. The largest absolute Gasteiger partial charge is 0.492 e. The van der Waals surface area contributed by atoms with Crippen molar-refractivity contribution >= 4 is 0 Å². The van der Waals surface area contributed by atoms with Gasteiger partial charge >= 0.3 is 0 Å². The van der Waals surface area contributed by atoms with Crippen LogP contribution in [0.5, 0.6) is 5.75 Å². The molecule has 1 N–H and O–H groups in total. The Labute approximate surface area is 126 Å². The van der Waals surface area contributed by atoms with E-state index in [2.05, 4.69) is 10.2 Å². The van der Waals surface area contributed by atoms with Crippen LogP contribution in [0.25, 0.3) is 0 Å². The number of halogens is 1. The van der Waals surface area contributed by atoms with Crippen LogP contribution >= 0.6 is 0 Å². The predicted octanol–water partition coefficient (Wildman–Crippen LogP) is 2.67. The van der Waals surface area contributed by atoms with E-state index in [-0.39, 0.29) is 5.82 Å². The summed E-state index contributed by atoms with van der Waals surface area (Å²) in [7, 11) is 0. The lowest BCUT2D eigenvalue weighted by molar-refractivity contribution is 0.164. The van der Waals surface area contributed by atoms with Gasteiger partial charge in [-0.05, 0) is 69.0 Å². The summed E-state index contributed by atoms with van der Waals surface area (Å²) in [5.74, 6) is 1.37. The summed E-state index contributed by atoms with van der Waals surface area (Å²) in [5.41, 5.74) is 0. The van der Waals surface area contributed by atoms with Crippen LogP contribution in [0.3, 0.4) is 0 Å². The van der Waals surface area contributed by atoms with E-state index in [1.54, 1.807) is 12.1 Å². The van der Waals surface area contributed by atoms with Crippen LogP contribution in [0.1, 0.15) is 25.7 Å². The minimum absolute atomic E-state index is 0.215. The van der Waals surface area contributed by atoms with Crippen LogP contribution < -0.4 is 10.1 Å². The van der Waals surface area contributed by atoms with Gasteiger partial charge in [0.1, 0.15) is 18.2 Å². The van der Waals surface area contributed by atoms with Gasteiger partial charge in [0.05, 0.1) is 0 Å². The van der Waals surface area contributed by atoms with E-state index in [0.717, 1.165) is 37.3 Å². The Morgan fingerprint density at radius 2 is 1.81 bits per heavy atom. The molecule has 4 heteroatoms. The first-order valence-corrected chi connectivity index (χ1v) is 8.14. The highest BCUT2D eigenvalue weighted by Gasteiger charge is 2.30. The molecule has 116 valence electrons. The SMILES string of the molecule is Fc1ccc(OCCN(CC2CCNCC2)C2CC2)cc1. The monoisotopic (exact) mass is 292 g/mol. The number of hydrogen-bond donors (Lipinski definition) is 1. The minimum atomic E-state index is -0.215. The standard InChI is InChI=1S/C17H25FN2O/c18-15-1-5-17(6-2-15)21-12-11-20(16-3-4-16)13-14-7-9-19-10-8-14/h1-2,5-6,14,16,19H,3-4,7-13H2. The highest BCUT2D eigenvalue weighted by Crippen LogP contribution is 2.28. The molecule has 0 spiro atoms. The van der Waals surface area contributed by atoms with Gasteiger partial charge in [-0.15, -0.1) is 0 Å². The third-order valence-electron chi connectivity index (χ3n) is 4.48. The highest BCUT2D eigenvalue weighted by molar-refractivity contribution is 5.21. The molecule has 0 atom stereocenters. The van der Waals surface area contributed by atoms with E-state index in [4.69, 9.17) is 4.74 Å². The molecule has 2 aliphatic rings. The van der Waals surface area contributed by atoms with Crippen LogP contribution in [0.2, 0.25) is 0 Å². The smallest absolute Gasteiger partial charge is 0.123 e. The third kappa shape index (κ3) is 4.68. The lowest BCUT2D eigenvalue weighted by atomic mass is 9.97. The van der Waals surface area contributed by atoms with E-state index < -0.39 is 0 Å². The maximum absolute atomic E-state index is 12.8. The second kappa shape index (κ2) is 7.23. The van der Waals surface area contributed by atoms with Gasteiger partial charge in [0.25, 0.3) is 0 Å². The molecule has 1 aliphatic heterocycles. The fraction of sp³-hybridized carbons (Fsp3) is 0.647. The summed E-state index contributed by atoms with van der Waals surface area (Å²) in [5, 5.41) is 3.43. The van der Waals surface area contributed by atoms with Gasteiger partial charge < -0.3 is 10.1 Å². The first-order valence-electron chi connectivity index (χ1n) is 8.14. The molecule has 0 amide bonds. The van der Waals surface area contributed by atoms with Crippen LogP contribution in [0.4, 0.5) is 4.39 Å². The Balaban J connectivity index is 1.43. The maximum atomic E-state index is 12.8. The normalized spacial score (nSPS) is 19.9. The molecule has 0 unspecified atom stereocenters. The Hall–Kier alpha value is -1.13. The van der Waals surface area contributed by atoms with Gasteiger partial charge in [0.2, 0.25) is 0 Å². The molecule has 0 radical (unpaired) electrons. The molecular weight excluding hydrogens is 267 g/mol. The van der Waals surface area contributed by atoms with E-state index in [0.29, 0.717) is 6.61 Å². The molecule has 1 saturated heterocycles. The van der Waals surface area contributed by atoms with Crippen molar-refractivity contribution in [2.45, 2.75) is 31.7 Å². The summed E-state index contributed by atoms with van der Waals surface area (Å²) < 4.78 is 18.6. The van der Waals surface area contributed by atoms with Crippen molar-refractivity contribution in [1.82, 2.24) is 10.2 Å². The summed E-state index contributed by atoms with van der Waals surface area (Å²) >= 11 is 0. The summed E-state index contributed by atoms with van der Waals surface area (Å²) in [6.45, 7) is 5.20. The van der Waals surface area contributed by atoms with Gasteiger partial charge in [-0.1, -0.05) is 0 Å². The Bertz CT molecular complexity index is 427. The van der Waals surface area contributed by atoms with Gasteiger partial charge in [-0.2, -0.15) is 0 Å². The first-order chi connectivity index (χ1) is 10.3. The molecular formula is C17H25FN2O. The van der Waals surface area contributed by atoms with E-state index >= 15 is 0 Å². The van der Waals surface area contributed by atoms with Crippen molar-refractivity contribution in [1.29, 1.82) is 0 Å². The lowest BCUT2D eigenvalue weighted by Crippen LogP contribution is -2.39. The van der Waals surface area contributed by atoms with Gasteiger partial charge in [0, 0.05) is 19.1 Å². The molecule has 1 saturated carbocycles. The topological polar surface area (TPSA) is 24.5 Å². The molecule has 2 fully saturated rings. The highest BCUT2D eigenvalue weighted by atomic mass is 19.1. The second-order valence-corrected chi connectivity index (χ2v) is 6.22. The van der Waals surface area contributed by atoms with Crippen molar-refractivity contribution < 1.29 is 9.13 Å². The quantitative estimate of drug-likeness (QED) is 0.836. The fourth-order valence-electron chi connectivity index (χ4n) is 3.07. The molecule has 3 nitrogen and oxygen atoms in total. The van der Waals surface area contributed by atoms with E-state index in [1.165, 1.54) is 44.4 Å². The summed E-state index contributed by atoms with van der Waals surface area (Å²) in [6.07, 6.45) is 5.26. The number of ether oxygens (including phenoxy) is 1. The molecule has 0 bridgehead atoms. The van der Waals surface area contributed by atoms with Crippen molar-refractivity contribution in [2.75, 3.05) is 32.8 Å². The molecule has 1 heterocycles. The summed E-state index contributed by atoms with van der Waals surface area (Å²) in [6, 6.07) is 7.07. The number of nitrogens with zero attached hydrogens (tertiary/aromatic N) is 1. The van der Waals surface area contributed by atoms with Crippen LogP contribution in [0.15, 0.2) is 24.3 Å². The zero-order valence-electron chi connectivity index (χ0n) is 12.6. The van der Waals surface area contributed by atoms with E-state index in [1.807, 2.05) is 0 Å². The lowest BCUT2D eigenvalue weighted by Gasteiger charge is -2.30. The van der Waals surface area contributed by atoms with Gasteiger partial charge in [-0.3, -0.25) is 4.90 Å². The van der Waals surface area contributed by atoms with Crippen molar-refractivity contribution in [3.8, 4) is 5.75 Å². The molecule has 1 aromatic rings. The number of piperidine rings is 1. The Morgan fingerprint density at radius 1 is 1.10 bits per heavy atom. The van der Waals surface area contributed by atoms with Crippen molar-refractivity contribution in [3.63, 3.8) is 0 Å². The minimum Gasteiger partial charge on any atom is -0.492 e.